The number of phenolic OH excluding ortho intramolecular Hbond substituents is 1. The molecule has 88 valence electrons. The molecule has 0 bridgehead atoms. The number of phenols is 1. The van der Waals surface area contributed by atoms with Crippen molar-refractivity contribution < 1.29 is 9.90 Å². The standard InChI is InChI=1S/C11H12N4O2/c16-9-4-2-1-3-8(9)11(17)12-6-5-10-13-7-14-15-10/h1-4,7,16H,5-6H2,(H,12,17)(H,13,14,15). The van der Waals surface area contributed by atoms with E-state index in [1.165, 1.54) is 12.4 Å². The molecule has 0 fully saturated rings. The average molecular weight is 232 g/mol. The van der Waals surface area contributed by atoms with Crippen LogP contribution >= 0.6 is 0 Å². The van der Waals surface area contributed by atoms with Crippen molar-refractivity contribution >= 4 is 5.91 Å². The predicted molar refractivity (Wildman–Crippen MR) is 60.5 cm³/mol. The van der Waals surface area contributed by atoms with Crippen molar-refractivity contribution in [3.05, 3.63) is 42.0 Å². The van der Waals surface area contributed by atoms with E-state index in [2.05, 4.69) is 20.5 Å². The first-order valence-electron chi connectivity index (χ1n) is 5.18. The summed E-state index contributed by atoms with van der Waals surface area (Å²) in [6.45, 7) is 0.433. The molecule has 0 spiro atoms. The van der Waals surface area contributed by atoms with Gasteiger partial charge in [-0.25, -0.2) is 4.98 Å². The average Bonchev–Trinajstić information content (AvgIpc) is 2.82. The molecule has 0 saturated carbocycles. The summed E-state index contributed by atoms with van der Waals surface area (Å²) in [6, 6.07) is 6.41. The molecule has 0 aliphatic rings. The third-order valence-corrected chi connectivity index (χ3v) is 2.26. The van der Waals surface area contributed by atoms with Gasteiger partial charge in [-0.15, -0.1) is 0 Å². The number of nitrogens with zero attached hydrogens (tertiary/aromatic N) is 2. The summed E-state index contributed by atoms with van der Waals surface area (Å²) in [5.41, 5.74) is 0.269. The number of hydrogen-bond acceptors (Lipinski definition) is 4. The highest BCUT2D eigenvalue weighted by molar-refractivity contribution is 5.96. The number of H-pyrrole nitrogens is 1. The van der Waals surface area contributed by atoms with Gasteiger partial charge in [-0.1, -0.05) is 12.1 Å². The van der Waals surface area contributed by atoms with E-state index in [-0.39, 0.29) is 17.2 Å². The molecule has 17 heavy (non-hydrogen) atoms. The van der Waals surface area contributed by atoms with Crippen molar-refractivity contribution in [2.24, 2.45) is 0 Å². The van der Waals surface area contributed by atoms with E-state index in [1.807, 2.05) is 0 Å². The van der Waals surface area contributed by atoms with E-state index in [4.69, 9.17) is 0 Å². The van der Waals surface area contributed by atoms with E-state index in [0.29, 0.717) is 18.8 Å². The monoisotopic (exact) mass is 232 g/mol. The van der Waals surface area contributed by atoms with E-state index < -0.39 is 0 Å². The minimum Gasteiger partial charge on any atom is -0.507 e. The lowest BCUT2D eigenvalue weighted by atomic mass is 10.2. The van der Waals surface area contributed by atoms with Crippen molar-refractivity contribution in [2.75, 3.05) is 6.54 Å². The Morgan fingerprint density at radius 3 is 2.94 bits per heavy atom. The molecule has 0 aliphatic heterocycles. The van der Waals surface area contributed by atoms with Crippen LogP contribution in [0.15, 0.2) is 30.6 Å². The number of aromatic hydroxyl groups is 1. The van der Waals surface area contributed by atoms with E-state index in [9.17, 15) is 9.90 Å². The summed E-state index contributed by atoms with van der Waals surface area (Å²) in [4.78, 5) is 15.6. The van der Waals surface area contributed by atoms with Gasteiger partial charge in [0.05, 0.1) is 5.56 Å². The molecule has 0 unspecified atom stereocenters. The largest absolute Gasteiger partial charge is 0.507 e. The maximum atomic E-state index is 11.7. The molecular formula is C11H12N4O2. The molecule has 2 aromatic rings. The Hall–Kier alpha value is -2.37. The highest BCUT2D eigenvalue weighted by Crippen LogP contribution is 2.14. The van der Waals surface area contributed by atoms with Gasteiger partial charge in [0.15, 0.2) is 0 Å². The third kappa shape index (κ3) is 2.81. The van der Waals surface area contributed by atoms with Crippen LogP contribution < -0.4 is 5.32 Å². The zero-order valence-corrected chi connectivity index (χ0v) is 9.05. The minimum absolute atomic E-state index is 0.0235. The van der Waals surface area contributed by atoms with Gasteiger partial charge in [0.25, 0.3) is 5.91 Å². The van der Waals surface area contributed by atoms with Crippen molar-refractivity contribution in [1.82, 2.24) is 20.5 Å². The number of amides is 1. The number of carbonyl (C=O) groups is 1. The molecular weight excluding hydrogens is 220 g/mol. The molecule has 1 aromatic carbocycles. The van der Waals surface area contributed by atoms with E-state index in [0.717, 1.165) is 0 Å². The zero-order chi connectivity index (χ0) is 12.1. The first kappa shape index (κ1) is 11.1. The molecule has 0 aliphatic carbocycles. The Morgan fingerprint density at radius 2 is 2.24 bits per heavy atom. The van der Waals surface area contributed by atoms with Gasteiger partial charge in [0.1, 0.15) is 17.9 Å². The summed E-state index contributed by atoms with van der Waals surface area (Å²) in [5, 5.41) is 18.6. The molecule has 0 atom stereocenters. The topological polar surface area (TPSA) is 90.9 Å². The van der Waals surface area contributed by atoms with Gasteiger partial charge in [0.2, 0.25) is 0 Å². The maximum Gasteiger partial charge on any atom is 0.255 e. The third-order valence-electron chi connectivity index (χ3n) is 2.26. The van der Waals surface area contributed by atoms with Crippen LogP contribution in [0.25, 0.3) is 0 Å². The van der Waals surface area contributed by atoms with Crippen LogP contribution in [0.5, 0.6) is 5.75 Å². The number of aromatic amines is 1. The van der Waals surface area contributed by atoms with Gasteiger partial charge < -0.3 is 10.4 Å². The highest BCUT2D eigenvalue weighted by atomic mass is 16.3. The number of carbonyl (C=O) groups excluding carboxylic acids is 1. The fourth-order valence-electron chi connectivity index (χ4n) is 1.41. The Balaban J connectivity index is 1.88. The minimum atomic E-state index is -0.303. The van der Waals surface area contributed by atoms with E-state index >= 15 is 0 Å². The second-order valence-corrected chi connectivity index (χ2v) is 3.46. The first-order chi connectivity index (χ1) is 8.27. The number of aromatic nitrogens is 3. The molecule has 6 nitrogen and oxygen atoms in total. The smallest absolute Gasteiger partial charge is 0.255 e. The predicted octanol–water partition coefficient (Wildman–Crippen LogP) is 0.483. The van der Waals surface area contributed by atoms with Gasteiger partial charge in [-0.3, -0.25) is 9.89 Å². The summed E-state index contributed by atoms with van der Waals surface area (Å²) in [6.07, 6.45) is 1.99. The van der Waals surface area contributed by atoms with Crippen LogP contribution in [-0.4, -0.2) is 32.7 Å². The number of nitrogens with one attached hydrogen (secondary N) is 2. The fraction of sp³-hybridized carbons (Fsp3) is 0.182. The van der Waals surface area contributed by atoms with Gasteiger partial charge in [-0.2, -0.15) is 5.10 Å². The molecule has 0 radical (unpaired) electrons. The number of benzene rings is 1. The summed E-state index contributed by atoms with van der Waals surface area (Å²) < 4.78 is 0. The van der Waals surface area contributed by atoms with Crippen LogP contribution in [0.3, 0.4) is 0 Å². The van der Waals surface area contributed by atoms with Crippen molar-refractivity contribution in [1.29, 1.82) is 0 Å². The Bertz CT molecular complexity index is 496. The normalized spacial score (nSPS) is 10.1. The maximum absolute atomic E-state index is 11.7. The van der Waals surface area contributed by atoms with Crippen LogP contribution in [0, 0.1) is 0 Å². The lowest BCUT2D eigenvalue weighted by molar-refractivity contribution is 0.0951. The number of hydrogen-bond donors (Lipinski definition) is 3. The van der Waals surface area contributed by atoms with Crippen LogP contribution in [0.1, 0.15) is 16.2 Å². The van der Waals surface area contributed by atoms with Crippen LogP contribution in [0.4, 0.5) is 0 Å². The molecule has 1 heterocycles. The van der Waals surface area contributed by atoms with Crippen molar-refractivity contribution in [2.45, 2.75) is 6.42 Å². The SMILES string of the molecule is O=C(NCCc1ncn[nH]1)c1ccccc1O. The molecule has 1 amide bonds. The summed E-state index contributed by atoms with van der Waals surface area (Å²) in [5.74, 6) is 0.384. The van der Waals surface area contributed by atoms with Crippen LogP contribution in [0.2, 0.25) is 0 Å². The van der Waals surface area contributed by atoms with E-state index in [1.54, 1.807) is 18.2 Å². The second-order valence-electron chi connectivity index (χ2n) is 3.46. The molecule has 6 heteroatoms. The van der Waals surface area contributed by atoms with Crippen molar-refractivity contribution in [3.8, 4) is 5.75 Å². The highest BCUT2D eigenvalue weighted by Gasteiger charge is 2.09. The number of para-hydroxylation sites is 1. The lowest BCUT2D eigenvalue weighted by Crippen LogP contribution is -2.26. The van der Waals surface area contributed by atoms with Gasteiger partial charge in [0, 0.05) is 13.0 Å². The van der Waals surface area contributed by atoms with Gasteiger partial charge in [-0.05, 0) is 12.1 Å². The van der Waals surface area contributed by atoms with Crippen molar-refractivity contribution in [3.63, 3.8) is 0 Å². The zero-order valence-electron chi connectivity index (χ0n) is 9.05. The molecule has 2 rings (SSSR count). The lowest BCUT2D eigenvalue weighted by Gasteiger charge is -2.05. The van der Waals surface area contributed by atoms with Crippen LogP contribution in [-0.2, 0) is 6.42 Å². The Morgan fingerprint density at radius 1 is 1.41 bits per heavy atom. The Kier molecular flexibility index (Phi) is 3.34. The molecule has 0 saturated heterocycles. The number of rotatable bonds is 4. The summed E-state index contributed by atoms with van der Waals surface area (Å²) >= 11 is 0. The first-order valence-corrected chi connectivity index (χ1v) is 5.18. The second kappa shape index (κ2) is 5.11. The Labute approximate surface area is 97.7 Å². The quantitative estimate of drug-likeness (QED) is 0.715. The van der Waals surface area contributed by atoms with Gasteiger partial charge >= 0.3 is 0 Å². The molecule has 1 aromatic heterocycles. The molecule has 3 N–H and O–H groups in total. The fourth-order valence-corrected chi connectivity index (χ4v) is 1.41. The summed E-state index contributed by atoms with van der Waals surface area (Å²) in [7, 11) is 0.